The van der Waals surface area contributed by atoms with Gasteiger partial charge in [0.15, 0.2) is 5.82 Å². The quantitative estimate of drug-likeness (QED) is 0.801. The molecule has 1 aromatic carbocycles. The zero-order chi connectivity index (χ0) is 17.6. The highest BCUT2D eigenvalue weighted by atomic mass is 16.5. The third-order valence-corrected chi connectivity index (χ3v) is 4.44. The van der Waals surface area contributed by atoms with Crippen LogP contribution in [0, 0.1) is 0 Å². The molecule has 134 valence electrons. The van der Waals surface area contributed by atoms with E-state index in [1.54, 1.807) is 14.0 Å². The lowest BCUT2D eigenvalue weighted by Gasteiger charge is -2.35. The van der Waals surface area contributed by atoms with Crippen molar-refractivity contribution in [3.63, 3.8) is 0 Å². The van der Waals surface area contributed by atoms with E-state index < -0.39 is 6.10 Å². The Kier molecular flexibility index (Phi) is 5.65. The molecule has 2 heterocycles. The SMILES string of the molecule is COc1cccc(CO[C@H](C)C(=O)N2CCCC[C@H]2c2ncon2)c1. The third-order valence-electron chi connectivity index (χ3n) is 4.44. The maximum atomic E-state index is 12.8. The molecule has 0 bridgehead atoms. The minimum Gasteiger partial charge on any atom is -0.497 e. The number of likely N-dealkylation sites (tertiary alicyclic amines) is 1. The molecule has 1 saturated heterocycles. The molecule has 7 heteroatoms. The average molecular weight is 345 g/mol. The third kappa shape index (κ3) is 4.17. The number of amides is 1. The van der Waals surface area contributed by atoms with E-state index in [4.69, 9.17) is 14.0 Å². The van der Waals surface area contributed by atoms with Crippen molar-refractivity contribution in [2.75, 3.05) is 13.7 Å². The lowest BCUT2D eigenvalue weighted by atomic mass is 10.0. The van der Waals surface area contributed by atoms with Gasteiger partial charge in [-0.05, 0) is 43.9 Å². The number of hydrogen-bond acceptors (Lipinski definition) is 6. The number of ether oxygens (including phenoxy) is 2. The fourth-order valence-corrected chi connectivity index (χ4v) is 3.08. The van der Waals surface area contributed by atoms with Gasteiger partial charge in [0.25, 0.3) is 5.91 Å². The van der Waals surface area contributed by atoms with E-state index in [1.165, 1.54) is 6.39 Å². The Hall–Kier alpha value is -2.41. The second-order valence-corrected chi connectivity index (χ2v) is 6.14. The number of carbonyl (C=O) groups excluding carboxylic acids is 1. The van der Waals surface area contributed by atoms with Gasteiger partial charge in [-0.3, -0.25) is 4.79 Å². The van der Waals surface area contributed by atoms with Crippen LogP contribution < -0.4 is 4.74 Å². The maximum absolute atomic E-state index is 12.8. The number of methoxy groups -OCH3 is 1. The number of nitrogens with zero attached hydrogens (tertiary/aromatic N) is 3. The highest BCUT2D eigenvalue weighted by molar-refractivity contribution is 5.81. The van der Waals surface area contributed by atoms with E-state index in [-0.39, 0.29) is 11.9 Å². The van der Waals surface area contributed by atoms with Crippen molar-refractivity contribution in [2.45, 2.75) is 44.9 Å². The molecular formula is C18H23N3O4. The Morgan fingerprint density at radius 1 is 1.44 bits per heavy atom. The van der Waals surface area contributed by atoms with Crippen LogP contribution >= 0.6 is 0 Å². The summed E-state index contributed by atoms with van der Waals surface area (Å²) in [6, 6.07) is 7.49. The van der Waals surface area contributed by atoms with Crippen molar-refractivity contribution in [1.29, 1.82) is 0 Å². The van der Waals surface area contributed by atoms with E-state index in [0.29, 0.717) is 19.0 Å². The molecule has 0 saturated carbocycles. The predicted octanol–water partition coefficient (Wildman–Crippen LogP) is 2.74. The van der Waals surface area contributed by atoms with Gasteiger partial charge >= 0.3 is 0 Å². The predicted molar refractivity (Wildman–Crippen MR) is 89.8 cm³/mol. The summed E-state index contributed by atoms with van der Waals surface area (Å²) in [5.74, 6) is 1.29. The molecule has 1 amide bonds. The number of piperidine rings is 1. The maximum Gasteiger partial charge on any atom is 0.252 e. The molecule has 2 atom stereocenters. The van der Waals surface area contributed by atoms with Gasteiger partial charge in [0.05, 0.1) is 19.8 Å². The molecule has 3 rings (SSSR count). The minimum absolute atomic E-state index is 0.0441. The zero-order valence-electron chi connectivity index (χ0n) is 14.6. The average Bonchev–Trinajstić information content (AvgIpc) is 3.20. The molecule has 1 aliphatic heterocycles. The van der Waals surface area contributed by atoms with Crippen LogP contribution in [0.25, 0.3) is 0 Å². The molecule has 0 unspecified atom stereocenters. The Morgan fingerprint density at radius 3 is 3.08 bits per heavy atom. The van der Waals surface area contributed by atoms with E-state index >= 15 is 0 Å². The molecule has 0 N–H and O–H groups in total. The van der Waals surface area contributed by atoms with Gasteiger partial charge in [0, 0.05) is 6.54 Å². The normalized spacial score (nSPS) is 18.8. The Labute approximate surface area is 146 Å². The van der Waals surface area contributed by atoms with Crippen LogP contribution in [0.4, 0.5) is 0 Å². The van der Waals surface area contributed by atoms with Crippen molar-refractivity contribution in [3.8, 4) is 5.75 Å². The van der Waals surface area contributed by atoms with Crippen molar-refractivity contribution in [2.24, 2.45) is 0 Å². The molecule has 1 fully saturated rings. The summed E-state index contributed by atoms with van der Waals surface area (Å²) < 4.78 is 15.8. The molecule has 1 aliphatic rings. The van der Waals surface area contributed by atoms with Crippen molar-refractivity contribution in [3.05, 3.63) is 42.0 Å². The van der Waals surface area contributed by atoms with Gasteiger partial charge < -0.3 is 18.9 Å². The first-order valence-electron chi connectivity index (χ1n) is 8.50. The van der Waals surface area contributed by atoms with E-state index in [1.807, 2.05) is 29.2 Å². The van der Waals surface area contributed by atoms with Crippen molar-refractivity contribution in [1.82, 2.24) is 15.0 Å². The first-order chi connectivity index (χ1) is 12.2. The van der Waals surface area contributed by atoms with E-state index in [9.17, 15) is 4.79 Å². The van der Waals surface area contributed by atoms with Gasteiger partial charge in [-0.2, -0.15) is 4.98 Å². The second-order valence-electron chi connectivity index (χ2n) is 6.14. The monoisotopic (exact) mass is 345 g/mol. The van der Waals surface area contributed by atoms with Gasteiger partial charge in [0.2, 0.25) is 6.39 Å². The first kappa shape index (κ1) is 17.4. The van der Waals surface area contributed by atoms with Crippen LogP contribution in [0.2, 0.25) is 0 Å². The summed E-state index contributed by atoms with van der Waals surface area (Å²) >= 11 is 0. The fourth-order valence-electron chi connectivity index (χ4n) is 3.08. The van der Waals surface area contributed by atoms with Gasteiger partial charge in [-0.1, -0.05) is 17.3 Å². The fraction of sp³-hybridized carbons (Fsp3) is 0.500. The molecule has 1 aromatic heterocycles. The summed E-state index contributed by atoms with van der Waals surface area (Å²) in [6.45, 7) is 2.82. The molecule has 0 radical (unpaired) electrons. The van der Waals surface area contributed by atoms with Gasteiger partial charge in [0.1, 0.15) is 11.9 Å². The van der Waals surface area contributed by atoms with Crippen LogP contribution in [0.15, 0.2) is 35.2 Å². The second kappa shape index (κ2) is 8.11. The van der Waals surface area contributed by atoms with Gasteiger partial charge in [-0.15, -0.1) is 0 Å². The van der Waals surface area contributed by atoms with Crippen LogP contribution in [-0.4, -0.2) is 40.7 Å². The highest BCUT2D eigenvalue weighted by Crippen LogP contribution is 2.29. The summed E-state index contributed by atoms with van der Waals surface area (Å²) in [5.41, 5.74) is 0.965. The Bertz CT molecular complexity index is 689. The number of rotatable bonds is 6. The Balaban J connectivity index is 1.62. The largest absolute Gasteiger partial charge is 0.497 e. The van der Waals surface area contributed by atoms with Crippen molar-refractivity contribution >= 4 is 5.91 Å². The summed E-state index contributed by atoms with van der Waals surface area (Å²) in [5, 5.41) is 3.91. The van der Waals surface area contributed by atoms with Crippen LogP contribution in [0.1, 0.15) is 43.6 Å². The highest BCUT2D eigenvalue weighted by Gasteiger charge is 2.33. The number of aromatic nitrogens is 2. The van der Waals surface area contributed by atoms with Gasteiger partial charge in [-0.25, -0.2) is 0 Å². The Morgan fingerprint density at radius 2 is 2.32 bits per heavy atom. The molecule has 0 aliphatic carbocycles. The molecule has 0 spiro atoms. The summed E-state index contributed by atoms with van der Waals surface area (Å²) in [4.78, 5) is 18.8. The van der Waals surface area contributed by atoms with Crippen molar-refractivity contribution < 1.29 is 18.8 Å². The van der Waals surface area contributed by atoms with Crippen LogP contribution in [-0.2, 0) is 16.1 Å². The smallest absolute Gasteiger partial charge is 0.252 e. The minimum atomic E-state index is -0.543. The van der Waals surface area contributed by atoms with Crippen LogP contribution in [0.5, 0.6) is 5.75 Å². The summed E-state index contributed by atoms with van der Waals surface area (Å²) in [6.07, 6.45) is 3.62. The molecule has 25 heavy (non-hydrogen) atoms. The van der Waals surface area contributed by atoms with E-state index in [2.05, 4.69) is 10.1 Å². The summed E-state index contributed by atoms with van der Waals surface area (Å²) in [7, 11) is 1.63. The number of hydrogen-bond donors (Lipinski definition) is 0. The standard InChI is InChI=1S/C18H23N3O4/c1-13(24-11-14-6-5-7-15(10-14)23-2)18(22)21-9-4-3-8-16(21)17-19-12-25-20-17/h5-7,10,12-13,16H,3-4,8-9,11H2,1-2H3/t13-,16+/m1/s1. The first-order valence-corrected chi connectivity index (χ1v) is 8.50. The lowest BCUT2D eigenvalue weighted by Crippen LogP contribution is -2.44. The molecule has 2 aromatic rings. The topological polar surface area (TPSA) is 77.7 Å². The molecule has 7 nitrogen and oxygen atoms in total. The molecular weight excluding hydrogens is 322 g/mol. The van der Waals surface area contributed by atoms with E-state index in [0.717, 1.165) is 30.6 Å². The van der Waals surface area contributed by atoms with Crippen LogP contribution in [0.3, 0.4) is 0 Å². The number of benzene rings is 1. The zero-order valence-corrected chi connectivity index (χ0v) is 14.6. The lowest BCUT2D eigenvalue weighted by molar-refractivity contribution is -0.147. The number of carbonyl (C=O) groups is 1.